The van der Waals surface area contributed by atoms with Gasteiger partial charge in [-0.15, -0.1) is 0 Å². The van der Waals surface area contributed by atoms with Gasteiger partial charge in [0, 0.05) is 11.1 Å². The Labute approximate surface area is 125 Å². The number of ketones is 1. The largest absolute Gasteiger partial charge is 0.367 e. The SMILES string of the molecule is CC(=O)c1ccc(C(=O)N[C@@H]2CC(C)(C)OC2(C)C)cc1. The van der Waals surface area contributed by atoms with Gasteiger partial charge in [-0.25, -0.2) is 0 Å². The Morgan fingerprint density at radius 1 is 1.10 bits per heavy atom. The van der Waals surface area contributed by atoms with Crippen molar-refractivity contribution in [1.82, 2.24) is 5.32 Å². The maximum Gasteiger partial charge on any atom is 0.251 e. The van der Waals surface area contributed by atoms with E-state index in [0.717, 1.165) is 6.42 Å². The van der Waals surface area contributed by atoms with Crippen LogP contribution in [0.4, 0.5) is 0 Å². The molecule has 1 aliphatic heterocycles. The van der Waals surface area contributed by atoms with Gasteiger partial charge in [-0.2, -0.15) is 0 Å². The van der Waals surface area contributed by atoms with Crippen molar-refractivity contribution < 1.29 is 14.3 Å². The molecule has 0 bridgehead atoms. The minimum Gasteiger partial charge on any atom is -0.367 e. The number of carbonyl (C=O) groups is 2. The molecule has 1 amide bonds. The van der Waals surface area contributed by atoms with Gasteiger partial charge in [-0.3, -0.25) is 9.59 Å². The third-order valence-corrected chi connectivity index (χ3v) is 3.93. The fourth-order valence-electron chi connectivity index (χ4n) is 2.88. The van der Waals surface area contributed by atoms with E-state index < -0.39 is 5.60 Å². The van der Waals surface area contributed by atoms with Gasteiger partial charge >= 0.3 is 0 Å². The van der Waals surface area contributed by atoms with E-state index in [0.29, 0.717) is 11.1 Å². The van der Waals surface area contributed by atoms with Crippen molar-refractivity contribution in [2.24, 2.45) is 0 Å². The molecule has 4 nitrogen and oxygen atoms in total. The Morgan fingerprint density at radius 2 is 1.62 bits per heavy atom. The van der Waals surface area contributed by atoms with Gasteiger partial charge in [0.1, 0.15) is 0 Å². The number of hydrogen-bond donors (Lipinski definition) is 1. The molecule has 1 heterocycles. The summed E-state index contributed by atoms with van der Waals surface area (Å²) in [6.07, 6.45) is 0.775. The second-order valence-electron chi connectivity index (χ2n) is 6.83. The second kappa shape index (κ2) is 5.26. The quantitative estimate of drug-likeness (QED) is 0.870. The molecule has 0 saturated carbocycles. The van der Waals surface area contributed by atoms with Gasteiger partial charge < -0.3 is 10.1 Å². The Morgan fingerprint density at radius 3 is 2.05 bits per heavy atom. The van der Waals surface area contributed by atoms with E-state index in [4.69, 9.17) is 4.74 Å². The molecule has 1 fully saturated rings. The Hall–Kier alpha value is -1.68. The van der Waals surface area contributed by atoms with Crippen molar-refractivity contribution in [3.05, 3.63) is 35.4 Å². The van der Waals surface area contributed by atoms with Crippen LogP contribution >= 0.6 is 0 Å². The van der Waals surface area contributed by atoms with Gasteiger partial charge in [0.25, 0.3) is 5.91 Å². The molecule has 114 valence electrons. The smallest absolute Gasteiger partial charge is 0.251 e. The minimum absolute atomic E-state index is 0.00552. The first kappa shape index (κ1) is 15.7. The normalized spacial score (nSPS) is 22.8. The molecule has 1 saturated heterocycles. The highest BCUT2D eigenvalue weighted by Crippen LogP contribution is 2.37. The lowest BCUT2D eigenvalue weighted by Crippen LogP contribution is -2.46. The summed E-state index contributed by atoms with van der Waals surface area (Å²) in [4.78, 5) is 23.6. The number of carbonyl (C=O) groups excluding carboxylic acids is 2. The first-order valence-corrected chi connectivity index (χ1v) is 7.23. The summed E-state index contributed by atoms with van der Waals surface area (Å²) in [5.74, 6) is -0.140. The molecule has 1 aromatic carbocycles. The van der Waals surface area contributed by atoms with Crippen LogP contribution in [-0.2, 0) is 4.74 Å². The van der Waals surface area contributed by atoms with Crippen LogP contribution in [0.5, 0.6) is 0 Å². The van der Waals surface area contributed by atoms with E-state index in [1.807, 2.05) is 27.7 Å². The van der Waals surface area contributed by atoms with Crippen molar-refractivity contribution in [2.45, 2.75) is 58.3 Å². The number of hydrogen-bond acceptors (Lipinski definition) is 3. The first-order valence-electron chi connectivity index (χ1n) is 7.23. The zero-order valence-electron chi connectivity index (χ0n) is 13.3. The highest BCUT2D eigenvalue weighted by Gasteiger charge is 2.46. The zero-order valence-corrected chi connectivity index (χ0v) is 13.3. The third kappa shape index (κ3) is 3.50. The molecule has 4 heteroatoms. The first-order chi connectivity index (χ1) is 9.61. The Balaban J connectivity index is 2.09. The summed E-state index contributed by atoms with van der Waals surface area (Å²) in [6, 6.07) is 6.68. The van der Waals surface area contributed by atoms with Crippen LogP contribution in [0.1, 0.15) is 61.8 Å². The topological polar surface area (TPSA) is 55.4 Å². The number of amides is 1. The summed E-state index contributed by atoms with van der Waals surface area (Å²) < 4.78 is 5.98. The Bertz CT molecular complexity index is 558. The summed E-state index contributed by atoms with van der Waals surface area (Å²) in [7, 11) is 0. The highest BCUT2D eigenvalue weighted by atomic mass is 16.5. The minimum atomic E-state index is -0.390. The molecule has 1 atom stereocenters. The monoisotopic (exact) mass is 289 g/mol. The molecule has 1 N–H and O–H groups in total. The molecule has 2 rings (SSSR count). The highest BCUT2D eigenvalue weighted by molar-refractivity contribution is 5.97. The van der Waals surface area contributed by atoms with Gasteiger partial charge in [-0.1, -0.05) is 12.1 Å². The van der Waals surface area contributed by atoms with Crippen LogP contribution in [-0.4, -0.2) is 28.9 Å². The number of ether oxygens (including phenoxy) is 1. The van der Waals surface area contributed by atoms with Crippen LogP contribution in [0.25, 0.3) is 0 Å². The number of benzene rings is 1. The second-order valence-corrected chi connectivity index (χ2v) is 6.83. The zero-order chi connectivity index (χ0) is 15.8. The molecule has 0 aromatic heterocycles. The standard InChI is InChI=1S/C17H23NO3/c1-11(19)12-6-8-13(9-7-12)15(20)18-14-10-16(2,3)21-17(14,4)5/h6-9,14H,10H2,1-5H3,(H,18,20)/t14-/m1/s1. The average Bonchev–Trinajstić information content (AvgIpc) is 2.57. The van der Waals surface area contributed by atoms with E-state index >= 15 is 0 Å². The summed E-state index contributed by atoms with van der Waals surface area (Å²) in [5, 5.41) is 3.04. The number of nitrogens with one attached hydrogen (secondary N) is 1. The van der Waals surface area contributed by atoms with Crippen LogP contribution in [0.2, 0.25) is 0 Å². The molecule has 1 aromatic rings. The third-order valence-electron chi connectivity index (χ3n) is 3.93. The number of Topliss-reactive ketones (excluding diaryl/α,β-unsaturated/α-hetero) is 1. The average molecular weight is 289 g/mol. The van der Waals surface area contributed by atoms with E-state index in [9.17, 15) is 9.59 Å². The van der Waals surface area contributed by atoms with E-state index in [2.05, 4.69) is 5.32 Å². The predicted molar refractivity (Wildman–Crippen MR) is 81.6 cm³/mol. The van der Waals surface area contributed by atoms with E-state index in [1.54, 1.807) is 24.3 Å². The summed E-state index contributed by atoms with van der Waals surface area (Å²) in [5.41, 5.74) is 0.538. The maximum absolute atomic E-state index is 12.3. The maximum atomic E-state index is 12.3. The van der Waals surface area contributed by atoms with Gasteiger partial charge in [-0.05, 0) is 53.2 Å². The van der Waals surface area contributed by atoms with Crippen LogP contribution in [0, 0.1) is 0 Å². The lowest BCUT2D eigenvalue weighted by atomic mass is 9.94. The van der Waals surface area contributed by atoms with Crippen molar-refractivity contribution in [2.75, 3.05) is 0 Å². The lowest BCUT2D eigenvalue weighted by molar-refractivity contribution is -0.0693. The lowest BCUT2D eigenvalue weighted by Gasteiger charge is -2.27. The van der Waals surface area contributed by atoms with Gasteiger partial charge in [0.2, 0.25) is 0 Å². The van der Waals surface area contributed by atoms with Crippen molar-refractivity contribution >= 4 is 11.7 Å². The molecular weight excluding hydrogens is 266 g/mol. The molecule has 1 aliphatic rings. The molecule has 0 radical (unpaired) electrons. The predicted octanol–water partition coefficient (Wildman–Crippen LogP) is 2.97. The van der Waals surface area contributed by atoms with Gasteiger partial charge in [0.15, 0.2) is 5.78 Å². The molecule has 0 aliphatic carbocycles. The Kier molecular flexibility index (Phi) is 3.93. The molecule has 0 unspecified atom stereocenters. The van der Waals surface area contributed by atoms with Crippen molar-refractivity contribution in [3.63, 3.8) is 0 Å². The van der Waals surface area contributed by atoms with E-state index in [1.165, 1.54) is 6.92 Å². The van der Waals surface area contributed by atoms with Crippen LogP contribution < -0.4 is 5.32 Å². The fraction of sp³-hybridized carbons (Fsp3) is 0.529. The molecule has 21 heavy (non-hydrogen) atoms. The summed E-state index contributed by atoms with van der Waals surface area (Å²) >= 11 is 0. The van der Waals surface area contributed by atoms with Crippen molar-refractivity contribution in [1.29, 1.82) is 0 Å². The van der Waals surface area contributed by atoms with Gasteiger partial charge in [0.05, 0.1) is 17.2 Å². The van der Waals surface area contributed by atoms with Crippen LogP contribution in [0.3, 0.4) is 0 Å². The van der Waals surface area contributed by atoms with Crippen molar-refractivity contribution in [3.8, 4) is 0 Å². The molecular formula is C17H23NO3. The summed E-state index contributed by atoms with van der Waals surface area (Å²) in [6.45, 7) is 9.55. The fourth-order valence-corrected chi connectivity index (χ4v) is 2.88. The number of rotatable bonds is 3. The van der Waals surface area contributed by atoms with Crippen LogP contribution in [0.15, 0.2) is 24.3 Å². The molecule has 0 spiro atoms. The van der Waals surface area contributed by atoms with E-state index in [-0.39, 0.29) is 23.3 Å².